The first kappa shape index (κ1) is 19.6. The Morgan fingerprint density at radius 1 is 1.64 bits per heavy atom. The van der Waals surface area contributed by atoms with Crippen molar-refractivity contribution in [2.45, 2.75) is 44.5 Å². The van der Waals surface area contributed by atoms with Crippen LogP contribution in [0.15, 0.2) is 15.8 Å². The van der Waals surface area contributed by atoms with E-state index in [1.54, 1.807) is 13.8 Å². The average molecular weight is 380 g/mol. The molecule has 4 N–H and O–H groups in total. The van der Waals surface area contributed by atoms with E-state index in [0.29, 0.717) is 0 Å². The van der Waals surface area contributed by atoms with Crippen molar-refractivity contribution in [3.63, 3.8) is 0 Å². The molecule has 0 radical (unpaired) electrons. The monoisotopic (exact) mass is 379 g/mol. The van der Waals surface area contributed by atoms with E-state index in [2.05, 4.69) is 0 Å². The van der Waals surface area contributed by atoms with Gasteiger partial charge in [0.05, 0.1) is 0 Å². The fourth-order valence-corrected chi connectivity index (χ4v) is 2.44. The fraction of sp³-hybridized carbons (Fsp3) is 0.643. The van der Waals surface area contributed by atoms with Gasteiger partial charge in [-0.2, -0.15) is 0 Å². The Labute approximate surface area is 146 Å². The first-order valence-electron chi connectivity index (χ1n) is 7.52. The number of alkyl halides is 1. The van der Waals surface area contributed by atoms with Crippen molar-refractivity contribution in [1.82, 2.24) is 9.55 Å². The van der Waals surface area contributed by atoms with Crippen molar-refractivity contribution < 1.29 is 23.8 Å². The lowest BCUT2D eigenvalue weighted by molar-refractivity contribution is -0.196. The molecule has 0 aromatic carbocycles. The zero-order valence-electron chi connectivity index (χ0n) is 13.6. The van der Waals surface area contributed by atoms with E-state index in [0.717, 1.165) is 10.8 Å². The number of rotatable bonds is 5. The molecule has 0 bridgehead atoms. The Kier molecular flexibility index (Phi) is 5.67. The highest BCUT2D eigenvalue weighted by molar-refractivity contribution is 6.30. The van der Waals surface area contributed by atoms with Crippen LogP contribution in [0.1, 0.15) is 26.5 Å². The Bertz CT molecular complexity index is 766. The summed E-state index contributed by atoms with van der Waals surface area (Å²) in [5.41, 5.74) is 3.85. The summed E-state index contributed by atoms with van der Waals surface area (Å²) in [6.07, 6.45) is -2.49. The van der Waals surface area contributed by atoms with Crippen molar-refractivity contribution in [2.75, 3.05) is 6.61 Å². The summed E-state index contributed by atoms with van der Waals surface area (Å²) in [6, 6.07) is -0.925. The minimum atomic E-state index is -2.52. The van der Waals surface area contributed by atoms with Crippen LogP contribution >= 0.6 is 11.6 Å². The maximum atomic E-state index is 14.7. The number of hydrogen-bond donors (Lipinski definition) is 3. The summed E-state index contributed by atoms with van der Waals surface area (Å²) in [4.78, 5) is 36.7. The second-order valence-electron chi connectivity index (χ2n) is 6.18. The number of carbonyl (C=O) groups excluding carboxylic acids is 1. The van der Waals surface area contributed by atoms with Crippen molar-refractivity contribution >= 4 is 17.6 Å². The molecule has 140 valence electrons. The molecule has 9 nitrogen and oxygen atoms in total. The van der Waals surface area contributed by atoms with Crippen LogP contribution in [0.5, 0.6) is 0 Å². The molecule has 0 aliphatic carbocycles. The fourth-order valence-electron chi connectivity index (χ4n) is 2.29. The summed E-state index contributed by atoms with van der Waals surface area (Å²) in [7, 11) is 0. The number of aliphatic hydroxyl groups is 1. The highest BCUT2D eigenvalue weighted by Crippen LogP contribution is 2.37. The van der Waals surface area contributed by atoms with E-state index in [1.165, 1.54) is 0 Å². The molecule has 11 heteroatoms. The number of aromatic nitrogens is 2. The van der Waals surface area contributed by atoms with Gasteiger partial charge in [0.25, 0.3) is 5.56 Å². The second-order valence-corrected chi connectivity index (χ2v) is 6.59. The van der Waals surface area contributed by atoms with Crippen LogP contribution in [0.4, 0.5) is 4.39 Å². The second kappa shape index (κ2) is 7.24. The van der Waals surface area contributed by atoms with E-state index in [1.807, 2.05) is 4.98 Å². The lowest BCUT2D eigenvalue weighted by atomic mass is 10.1. The molecule has 1 aliphatic heterocycles. The summed E-state index contributed by atoms with van der Waals surface area (Å²) in [6.45, 7) is 2.61. The highest BCUT2D eigenvalue weighted by atomic mass is 35.5. The SMILES string of the molecule is CC(C)[C@H](N)C(=O)OC[C@]1(F)C[C@@H](O)[C@H](n2cc(Cl)c(=O)[nH]c2=O)O1. The van der Waals surface area contributed by atoms with Gasteiger partial charge in [-0.25, -0.2) is 9.18 Å². The molecule has 0 unspecified atom stereocenters. The number of nitrogens with zero attached hydrogens (tertiary/aromatic N) is 1. The summed E-state index contributed by atoms with van der Waals surface area (Å²) >= 11 is 5.63. The number of halogens is 2. The van der Waals surface area contributed by atoms with Gasteiger partial charge in [-0.15, -0.1) is 0 Å². The maximum absolute atomic E-state index is 14.7. The van der Waals surface area contributed by atoms with E-state index in [-0.39, 0.29) is 10.9 Å². The van der Waals surface area contributed by atoms with Crippen molar-refractivity contribution in [2.24, 2.45) is 11.7 Å². The molecule has 2 rings (SSSR count). The van der Waals surface area contributed by atoms with Gasteiger partial charge in [-0.05, 0) is 5.92 Å². The lowest BCUT2D eigenvalue weighted by Crippen LogP contribution is -2.40. The maximum Gasteiger partial charge on any atom is 0.330 e. The molecule has 1 aromatic heterocycles. The topological polar surface area (TPSA) is 137 Å². The number of carbonyl (C=O) groups is 1. The van der Waals surface area contributed by atoms with Gasteiger partial charge in [0, 0.05) is 12.6 Å². The van der Waals surface area contributed by atoms with Crippen LogP contribution in [-0.2, 0) is 14.3 Å². The smallest absolute Gasteiger partial charge is 0.330 e. The molecular formula is C14H19ClFN3O6. The molecule has 0 saturated carbocycles. The predicted octanol–water partition coefficient (Wildman–Crippen LogP) is -0.338. The van der Waals surface area contributed by atoms with Gasteiger partial charge < -0.3 is 20.3 Å². The van der Waals surface area contributed by atoms with E-state index in [4.69, 9.17) is 26.8 Å². The van der Waals surface area contributed by atoms with Gasteiger partial charge in [0.2, 0.25) is 5.85 Å². The third kappa shape index (κ3) is 4.27. The summed E-state index contributed by atoms with van der Waals surface area (Å²) < 4.78 is 25.3. The number of esters is 1. The molecule has 1 saturated heterocycles. The average Bonchev–Trinajstić information content (AvgIpc) is 2.83. The van der Waals surface area contributed by atoms with Crippen LogP contribution in [0.25, 0.3) is 0 Å². The Balaban J connectivity index is 2.12. The number of nitrogens with one attached hydrogen (secondary N) is 1. The van der Waals surface area contributed by atoms with Crippen molar-refractivity contribution in [3.8, 4) is 0 Å². The van der Waals surface area contributed by atoms with Gasteiger partial charge in [-0.1, -0.05) is 25.4 Å². The number of aromatic amines is 1. The van der Waals surface area contributed by atoms with E-state index >= 15 is 0 Å². The van der Waals surface area contributed by atoms with Gasteiger partial charge in [-0.3, -0.25) is 19.1 Å². The Hall–Kier alpha value is -1.75. The highest BCUT2D eigenvalue weighted by Gasteiger charge is 2.49. The molecule has 1 aliphatic rings. The number of hydrogen-bond acceptors (Lipinski definition) is 7. The van der Waals surface area contributed by atoms with Crippen LogP contribution in [0, 0.1) is 5.92 Å². The Morgan fingerprint density at radius 3 is 2.88 bits per heavy atom. The normalized spacial score (nSPS) is 27.5. The number of aliphatic hydroxyl groups excluding tert-OH is 1. The van der Waals surface area contributed by atoms with Gasteiger partial charge in [0.1, 0.15) is 17.2 Å². The van der Waals surface area contributed by atoms with Crippen LogP contribution < -0.4 is 17.0 Å². The third-order valence-electron chi connectivity index (χ3n) is 3.79. The molecule has 25 heavy (non-hydrogen) atoms. The first-order chi connectivity index (χ1) is 11.5. The Morgan fingerprint density at radius 2 is 2.28 bits per heavy atom. The van der Waals surface area contributed by atoms with Crippen molar-refractivity contribution in [1.29, 1.82) is 0 Å². The quantitative estimate of drug-likeness (QED) is 0.595. The molecule has 0 amide bonds. The van der Waals surface area contributed by atoms with E-state index < -0.39 is 54.5 Å². The number of nitrogens with two attached hydrogens (primary N) is 1. The minimum Gasteiger partial charge on any atom is -0.458 e. The third-order valence-corrected chi connectivity index (χ3v) is 4.06. The molecule has 0 spiro atoms. The minimum absolute atomic E-state index is 0.201. The van der Waals surface area contributed by atoms with Crippen LogP contribution in [-0.4, -0.2) is 45.2 Å². The predicted molar refractivity (Wildman–Crippen MR) is 84.7 cm³/mol. The van der Waals surface area contributed by atoms with Crippen molar-refractivity contribution in [3.05, 3.63) is 32.1 Å². The van der Waals surface area contributed by atoms with Gasteiger partial charge >= 0.3 is 11.7 Å². The molecule has 1 fully saturated rings. The summed E-state index contributed by atoms with van der Waals surface area (Å²) in [5, 5.41) is 9.67. The molecule has 2 heterocycles. The first-order valence-corrected chi connectivity index (χ1v) is 7.90. The van der Waals surface area contributed by atoms with Crippen LogP contribution in [0.2, 0.25) is 5.02 Å². The number of ether oxygens (including phenoxy) is 2. The van der Waals surface area contributed by atoms with Crippen LogP contribution in [0.3, 0.4) is 0 Å². The molecule has 4 atom stereocenters. The zero-order valence-corrected chi connectivity index (χ0v) is 14.3. The van der Waals surface area contributed by atoms with Gasteiger partial charge in [0.15, 0.2) is 12.8 Å². The molecule has 1 aromatic rings. The molecular weight excluding hydrogens is 361 g/mol. The number of H-pyrrole nitrogens is 1. The zero-order chi connectivity index (χ0) is 18.9. The summed E-state index contributed by atoms with van der Waals surface area (Å²) in [5.74, 6) is -3.52. The van der Waals surface area contributed by atoms with E-state index in [9.17, 15) is 23.9 Å². The standard InChI is InChI=1S/C14H19ClFN3O6/c1-6(2)9(17)12(22)24-5-14(16)3-8(20)11(25-14)19-4-7(15)10(21)18-13(19)23/h4,6,8-9,11,20H,3,5,17H2,1-2H3,(H,18,21,23)/t8-,9+,11-,14+/m1/s1. The lowest BCUT2D eigenvalue weighted by Gasteiger charge is -2.22. The largest absolute Gasteiger partial charge is 0.458 e.